The van der Waals surface area contributed by atoms with Crippen molar-refractivity contribution in [3.8, 4) is 11.4 Å². The van der Waals surface area contributed by atoms with Gasteiger partial charge in [-0.3, -0.25) is 4.79 Å². The number of benzene rings is 2. The summed E-state index contributed by atoms with van der Waals surface area (Å²) < 4.78 is 19.5. The predicted molar refractivity (Wildman–Crippen MR) is 107 cm³/mol. The molecule has 1 unspecified atom stereocenters. The lowest BCUT2D eigenvalue weighted by Gasteiger charge is -2.33. The Morgan fingerprint density at radius 1 is 1.14 bits per heavy atom. The highest BCUT2D eigenvalue weighted by molar-refractivity contribution is 5.98. The standard InChI is InChI=1S/C22H23FN4O2/c1-15-5-8-21(27-24-9-10-25-27)19(12-15)22(28)26-11-3-4-18(14-26)29-17-6-7-20(23)16(2)13-17/h5-10,12-13,18H,3-4,11,14H2,1-2H3. The number of hydrogen-bond donors (Lipinski definition) is 0. The van der Waals surface area contributed by atoms with Crippen LogP contribution in [0, 0.1) is 19.7 Å². The van der Waals surface area contributed by atoms with Gasteiger partial charge in [0.05, 0.1) is 30.2 Å². The van der Waals surface area contributed by atoms with Crippen molar-refractivity contribution in [3.05, 3.63) is 71.3 Å². The fraction of sp³-hybridized carbons (Fsp3) is 0.318. The third-order valence-corrected chi connectivity index (χ3v) is 5.11. The van der Waals surface area contributed by atoms with Crippen LogP contribution in [0.3, 0.4) is 0 Å². The summed E-state index contributed by atoms with van der Waals surface area (Å²) >= 11 is 0. The first kappa shape index (κ1) is 19.1. The van der Waals surface area contributed by atoms with Crippen molar-refractivity contribution in [1.82, 2.24) is 19.9 Å². The molecule has 3 aromatic rings. The molecule has 150 valence electrons. The molecule has 1 amide bonds. The van der Waals surface area contributed by atoms with E-state index in [1.54, 1.807) is 31.5 Å². The summed E-state index contributed by atoms with van der Waals surface area (Å²) in [5.41, 5.74) is 2.76. The number of carbonyl (C=O) groups is 1. The van der Waals surface area contributed by atoms with Gasteiger partial charge in [0.1, 0.15) is 17.7 Å². The second-order valence-electron chi connectivity index (χ2n) is 7.38. The summed E-state index contributed by atoms with van der Waals surface area (Å²) in [6, 6.07) is 10.4. The molecule has 29 heavy (non-hydrogen) atoms. The first-order chi connectivity index (χ1) is 14.0. The molecule has 1 saturated heterocycles. The number of aromatic nitrogens is 3. The van der Waals surface area contributed by atoms with E-state index >= 15 is 0 Å². The van der Waals surface area contributed by atoms with Crippen molar-refractivity contribution in [2.45, 2.75) is 32.8 Å². The molecule has 0 N–H and O–H groups in total. The van der Waals surface area contributed by atoms with E-state index in [1.807, 2.05) is 30.0 Å². The summed E-state index contributed by atoms with van der Waals surface area (Å²) in [5.74, 6) is 0.307. The van der Waals surface area contributed by atoms with Crippen LogP contribution in [0.5, 0.6) is 5.75 Å². The third-order valence-electron chi connectivity index (χ3n) is 5.11. The third kappa shape index (κ3) is 4.13. The fourth-order valence-corrected chi connectivity index (χ4v) is 3.61. The molecule has 6 nitrogen and oxygen atoms in total. The SMILES string of the molecule is Cc1ccc(-n2nccn2)c(C(=O)N2CCCC(Oc3ccc(F)c(C)c3)C2)c1. The summed E-state index contributed by atoms with van der Waals surface area (Å²) in [6.07, 6.45) is 4.74. The second kappa shape index (κ2) is 8.03. The highest BCUT2D eigenvalue weighted by atomic mass is 19.1. The van der Waals surface area contributed by atoms with Crippen molar-refractivity contribution >= 4 is 5.91 Å². The molecule has 7 heteroatoms. The van der Waals surface area contributed by atoms with Crippen molar-refractivity contribution < 1.29 is 13.9 Å². The van der Waals surface area contributed by atoms with E-state index in [4.69, 9.17) is 4.74 Å². The molecule has 0 saturated carbocycles. The van der Waals surface area contributed by atoms with Crippen LogP contribution in [0.25, 0.3) is 5.69 Å². The van der Waals surface area contributed by atoms with Gasteiger partial charge in [-0.05, 0) is 62.6 Å². The van der Waals surface area contributed by atoms with Crippen LogP contribution in [-0.2, 0) is 0 Å². The van der Waals surface area contributed by atoms with E-state index in [-0.39, 0.29) is 17.8 Å². The van der Waals surface area contributed by atoms with Crippen LogP contribution in [0.1, 0.15) is 34.3 Å². The van der Waals surface area contributed by atoms with Gasteiger partial charge in [0, 0.05) is 6.54 Å². The molecule has 0 bridgehead atoms. The van der Waals surface area contributed by atoms with Crippen molar-refractivity contribution in [1.29, 1.82) is 0 Å². The second-order valence-corrected chi connectivity index (χ2v) is 7.38. The number of ether oxygens (including phenoxy) is 1. The molecule has 0 radical (unpaired) electrons. The zero-order chi connectivity index (χ0) is 20.4. The highest BCUT2D eigenvalue weighted by Gasteiger charge is 2.27. The summed E-state index contributed by atoms with van der Waals surface area (Å²) in [4.78, 5) is 16.6. The summed E-state index contributed by atoms with van der Waals surface area (Å²) in [7, 11) is 0. The zero-order valence-electron chi connectivity index (χ0n) is 16.5. The average molecular weight is 394 g/mol. The first-order valence-corrected chi connectivity index (χ1v) is 9.70. The van der Waals surface area contributed by atoms with Gasteiger partial charge in [0.2, 0.25) is 0 Å². The smallest absolute Gasteiger partial charge is 0.256 e. The Balaban J connectivity index is 1.53. The Hall–Kier alpha value is -3.22. The van der Waals surface area contributed by atoms with Gasteiger partial charge < -0.3 is 9.64 Å². The van der Waals surface area contributed by atoms with E-state index in [9.17, 15) is 9.18 Å². The van der Waals surface area contributed by atoms with Crippen molar-refractivity contribution in [2.24, 2.45) is 0 Å². The van der Waals surface area contributed by atoms with Crippen molar-refractivity contribution in [2.75, 3.05) is 13.1 Å². The van der Waals surface area contributed by atoms with E-state index in [2.05, 4.69) is 10.2 Å². The minimum Gasteiger partial charge on any atom is -0.489 e. The molecule has 1 aliphatic rings. The quantitative estimate of drug-likeness (QED) is 0.677. The normalized spacial score (nSPS) is 16.7. The molecule has 0 spiro atoms. The minimum atomic E-state index is -0.253. The van der Waals surface area contributed by atoms with Crippen LogP contribution < -0.4 is 4.74 Å². The van der Waals surface area contributed by atoms with E-state index < -0.39 is 0 Å². The number of carbonyl (C=O) groups excluding carboxylic acids is 1. The largest absolute Gasteiger partial charge is 0.489 e. The molecular formula is C22H23FN4O2. The van der Waals surface area contributed by atoms with Crippen LogP contribution in [-0.4, -0.2) is 45.0 Å². The monoisotopic (exact) mass is 394 g/mol. The van der Waals surface area contributed by atoms with Crippen LogP contribution >= 0.6 is 0 Å². The molecule has 1 aromatic heterocycles. The predicted octanol–water partition coefficient (Wildman–Crippen LogP) is 3.71. The topological polar surface area (TPSA) is 60.2 Å². The number of likely N-dealkylation sites (tertiary alicyclic amines) is 1. The van der Waals surface area contributed by atoms with E-state index in [0.29, 0.717) is 35.7 Å². The Labute approximate surface area is 168 Å². The molecule has 0 aliphatic carbocycles. The minimum absolute atomic E-state index is 0.0652. The van der Waals surface area contributed by atoms with Gasteiger partial charge in [-0.25, -0.2) is 4.39 Å². The van der Waals surface area contributed by atoms with Crippen molar-refractivity contribution in [3.63, 3.8) is 0 Å². The highest BCUT2D eigenvalue weighted by Crippen LogP contribution is 2.24. The lowest BCUT2D eigenvalue weighted by molar-refractivity contribution is 0.0537. The van der Waals surface area contributed by atoms with Crippen LogP contribution in [0.4, 0.5) is 4.39 Å². The number of amides is 1. The molecular weight excluding hydrogens is 371 g/mol. The zero-order valence-corrected chi connectivity index (χ0v) is 16.5. The molecule has 2 aromatic carbocycles. The Bertz CT molecular complexity index is 1020. The molecule has 1 fully saturated rings. The van der Waals surface area contributed by atoms with Gasteiger partial charge in [-0.15, -0.1) is 0 Å². The van der Waals surface area contributed by atoms with E-state index in [1.165, 1.54) is 10.9 Å². The first-order valence-electron chi connectivity index (χ1n) is 9.70. The maximum absolute atomic E-state index is 13.5. The number of halogens is 1. The van der Waals surface area contributed by atoms with Gasteiger partial charge in [0.15, 0.2) is 0 Å². The fourth-order valence-electron chi connectivity index (χ4n) is 3.61. The number of hydrogen-bond acceptors (Lipinski definition) is 4. The lowest BCUT2D eigenvalue weighted by atomic mass is 10.0. The lowest BCUT2D eigenvalue weighted by Crippen LogP contribution is -2.44. The van der Waals surface area contributed by atoms with E-state index in [0.717, 1.165) is 18.4 Å². The van der Waals surface area contributed by atoms with Crippen LogP contribution in [0.2, 0.25) is 0 Å². The number of rotatable bonds is 4. The Kier molecular flexibility index (Phi) is 5.29. The summed E-state index contributed by atoms with van der Waals surface area (Å²) in [6.45, 7) is 4.81. The average Bonchev–Trinajstić information content (AvgIpc) is 3.25. The van der Waals surface area contributed by atoms with Crippen LogP contribution in [0.15, 0.2) is 48.8 Å². The number of nitrogens with zero attached hydrogens (tertiary/aromatic N) is 4. The van der Waals surface area contributed by atoms with Gasteiger partial charge in [0.25, 0.3) is 5.91 Å². The Morgan fingerprint density at radius 3 is 2.69 bits per heavy atom. The maximum Gasteiger partial charge on any atom is 0.256 e. The number of aryl methyl sites for hydroxylation is 2. The molecule has 2 heterocycles. The molecule has 1 atom stereocenters. The molecule has 1 aliphatic heterocycles. The van der Waals surface area contributed by atoms with Gasteiger partial charge in [-0.1, -0.05) is 11.6 Å². The van der Waals surface area contributed by atoms with Gasteiger partial charge >= 0.3 is 0 Å². The Morgan fingerprint density at radius 2 is 1.93 bits per heavy atom. The summed E-state index contributed by atoms with van der Waals surface area (Å²) in [5, 5.41) is 8.34. The van der Waals surface area contributed by atoms with Gasteiger partial charge in [-0.2, -0.15) is 15.0 Å². The molecule has 4 rings (SSSR count). The number of piperidine rings is 1. The maximum atomic E-state index is 13.5.